The predicted octanol–water partition coefficient (Wildman–Crippen LogP) is 3.47. The van der Waals surface area contributed by atoms with Gasteiger partial charge in [0.05, 0.1) is 4.90 Å². The van der Waals surface area contributed by atoms with Crippen molar-refractivity contribution < 1.29 is 13.2 Å². The SMILES string of the molecule is CC(C)c1ccc(S(=O)(=O)N2CCN(C(=O)C[C@H]3C[C@H]4CC[C@@H]3C4)CC2)cc1. The topological polar surface area (TPSA) is 57.7 Å². The number of nitrogens with zero attached hydrogens (tertiary/aromatic N) is 2. The second-order valence-electron chi connectivity index (χ2n) is 9.15. The predicted molar refractivity (Wildman–Crippen MR) is 109 cm³/mol. The Bertz CT molecular complexity index is 811. The summed E-state index contributed by atoms with van der Waals surface area (Å²) in [6.45, 7) is 5.96. The van der Waals surface area contributed by atoms with Crippen molar-refractivity contribution in [2.24, 2.45) is 17.8 Å². The smallest absolute Gasteiger partial charge is 0.243 e. The molecule has 2 aliphatic carbocycles. The summed E-state index contributed by atoms with van der Waals surface area (Å²) in [6, 6.07) is 7.20. The molecule has 4 rings (SSSR count). The lowest BCUT2D eigenvalue weighted by molar-refractivity contribution is -0.133. The molecule has 1 aliphatic heterocycles. The van der Waals surface area contributed by atoms with Gasteiger partial charge in [0.15, 0.2) is 0 Å². The number of fused-ring (bicyclic) bond motifs is 2. The van der Waals surface area contributed by atoms with Crippen LogP contribution in [0.4, 0.5) is 0 Å². The molecule has 0 spiro atoms. The second kappa shape index (κ2) is 7.79. The highest BCUT2D eigenvalue weighted by molar-refractivity contribution is 7.89. The summed E-state index contributed by atoms with van der Waals surface area (Å²) < 4.78 is 27.4. The first-order chi connectivity index (χ1) is 13.3. The van der Waals surface area contributed by atoms with Crippen LogP contribution < -0.4 is 0 Å². The fraction of sp³-hybridized carbons (Fsp3) is 0.682. The number of amides is 1. The van der Waals surface area contributed by atoms with E-state index in [1.165, 1.54) is 30.0 Å². The molecular formula is C22H32N2O3S. The third kappa shape index (κ3) is 3.86. The van der Waals surface area contributed by atoms with E-state index in [1.54, 1.807) is 12.1 Å². The van der Waals surface area contributed by atoms with Crippen molar-refractivity contribution in [1.29, 1.82) is 0 Å². The van der Waals surface area contributed by atoms with Crippen molar-refractivity contribution >= 4 is 15.9 Å². The van der Waals surface area contributed by atoms with Crippen LogP contribution in [-0.4, -0.2) is 49.7 Å². The molecule has 28 heavy (non-hydrogen) atoms. The zero-order chi connectivity index (χ0) is 19.9. The molecule has 1 heterocycles. The van der Waals surface area contributed by atoms with Crippen molar-refractivity contribution in [3.63, 3.8) is 0 Å². The molecule has 2 bridgehead atoms. The van der Waals surface area contributed by atoms with E-state index < -0.39 is 10.0 Å². The zero-order valence-corrected chi connectivity index (χ0v) is 17.8. The van der Waals surface area contributed by atoms with E-state index in [-0.39, 0.29) is 5.91 Å². The molecule has 3 atom stereocenters. The monoisotopic (exact) mass is 404 g/mol. The van der Waals surface area contributed by atoms with Gasteiger partial charge in [-0.25, -0.2) is 8.42 Å². The summed E-state index contributed by atoms with van der Waals surface area (Å²) in [4.78, 5) is 14.9. The van der Waals surface area contributed by atoms with Gasteiger partial charge in [-0.1, -0.05) is 32.4 Å². The number of sulfonamides is 1. The van der Waals surface area contributed by atoms with Crippen LogP contribution >= 0.6 is 0 Å². The molecule has 1 amide bonds. The van der Waals surface area contributed by atoms with Gasteiger partial charge in [-0.2, -0.15) is 4.31 Å². The zero-order valence-electron chi connectivity index (χ0n) is 17.0. The number of piperazine rings is 1. The van der Waals surface area contributed by atoms with Gasteiger partial charge in [-0.15, -0.1) is 0 Å². The molecule has 6 heteroatoms. The average Bonchev–Trinajstić information content (AvgIpc) is 3.31. The largest absolute Gasteiger partial charge is 0.340 e. The third-order valence-corrected chi connectivity index (χ3v) is 9.01. The van der Waals surface area contributed by atoms with Crippen molar-refractivity contribution in [3.8, 4) is 0 Å². The molecule has 1 aromatic carbocycles. The minimum atomic E-state index is -3.49. The van der Waals surface area contributed by atoms with Crippen molar-refractivity contribution in [2.75, 3.05) is 26.2 Å². The van der Waals surface area contributed by atoms with Crippen LogP contribution in [0.3, 0.4) is 0 Å². The first-order valence-electron chi connectivity index (χ1n) is 10.7. The van der Waals surface area contributed by atoms with Gasteiger partial charge >= 0.3 is 0 Å². The molecule has 154 valence electrons. The molecule has 0 N–H and O–H groups in total. The molecule has 0 aromatic heterocycles. The first kappa shape index (κ1) is 19.9. The lowest BCUT2D eigenvalue weighted by Crippen LogP contribution is -2.50. The molecule has 1 saturated heterocycles. The number of benzene rings is 1. The first-order valence-corrected chi connectivity index (χ1v) is 12.2. The number of carbonyl (C=O) groups is 1. The number of hydrogen-bond donors (Lipinski definition) is 0. The van der Waals surface area contributed by atoms with Gasteiger partial charge in [-0.05, 0) is 60.6 Å². The highest BCUT2D eigenvalue weighted by Gasteiger charge is 2.41. The van der Waals surface area contributed by atoms with Gasteiger partial charge < -0.3 is 4.90 Å². The Morgan fingerprint density at radius 3 is 2.25 bits per heavy atom. The van der Waals surface area contributed by atoms with Crippen LogP contribution in [0.25, 0.3) is 0 Å². The van der Waals surface area contributed by atoms with Gasteiger partial charge in [0.1, 0.15) is 0 Å². The maximum atomic E-state index is 12.9. The molecule has 0 radical (unpaired) electrons. The number of hydrogen-bond acceptors (Lipinski definition) is 3. The molecule has 0 unspecified atom stereocenters. The summed E-state index contributed by atoms with van der Waals surface area (Å²) in [5.41, 5.74) is 1.13. The Labute approximate surface area is 169 Å². The van der Waals surface area contributed by atoms with Crippen molar-refractivity contribution in [2.45, 2.75) is 56.8 Å². The normalized spacial score (nSPS) is 28.2. The van der Waals surface area contributed by atoms with E-state index in [9.17, 15) is 13.2 Å². The summed E-state index contributed by atoms with van der Waals surface area (Å²) in [6.07, 6.45) is 5.84. The third-order valence-electron chi connectivity index (χ3n) is 7.10. The van der Waals surface area contributed by atoms with Gasteiger partial charge in [0.2, 0.25) is 15.9 Å². The fourth-order valence-electron chi connectivity index (χ4n) is 5.33. The molecule has 2 saturated carbocycles. The minimum Gasteiger partial charge on any atom is -0.340 e. The van der Waals surface area contributed by atoms with E-state index in [0.29, 0.717) is 49.3 Å². The van der Waals surface area contributed by atoms with E-state index in [4.69, 9.17) is 0 Å². The second-order valence-corrected chi connectivity index (χ2v) is 11.1. The lowest BCUT2D eigenvalue weighted by Gasteiger charge is -2.35. The van der Waals surface area contributed by atoms with E-state index >= 15 is 0 Å². The van der Waals surface area contributed by atoms with Crippen LogP contribution in [0.2, 0.25) is 0 Å². The van der Waals surface area contributed by atoms with E-state index in [0.717, 1.165) is 17.4 Å². The van der Waals surface area contributed by atoms with E-state index in [1.807, 2.05) is 17.0 Å². The summed E-state index contributed by atoms with van der Waals surface area (Å²) in [7, 11) is -3.49. The van der Waals surface area contributed by atoms with Crippen molar-refractivity contribution in [1.82, 2.24) is 9.21 Å². The highest BCUT2D eigenvalue weighted by Crippen LogP contribution is 2.49. The summed E-state index contributed by atoms with van der Waals surface area (Å²) in [5, 5.41) is 0. The van der Waals surface area contributed by atoms with Crippen LogP contribution in [0.5, 0.6) is 0 Å². The maximum Gasteiger partial charge on any atom is 0.243 e. The van der Waals surface area contributed by atoms with Gasteiger partial charge in [0.25, 0.3) is 0 Å². The Morgan fingerprint density at radius 2 is 1.71 bits per heavy atom. The van der Waals surface area contributed by atoms with Crippen molar-refractivity contribution in [3.05, 3.63) is 29.8 Å². The van der Waals surface area contributed by atoms with Crippen LogP contribution in [0.1, 0.15) is 57.4 Å². The Hall–Kier alpha value is -1.40. The molecule has 3 fully saturated rings. The lowest BCUT2D eigenvalue weighted by atomic mass is 9.86. The maximum absolute atomic E-state index is 12.9. The molecule has 1 aromatic rings. The Morgan fingerprint density at radius 1 is 1.04 bits per heavy atom. The van der Waals surface area contributed by atoms with Gasteiger partial charge in [0, 0.05) is 32.6 Å². The van der Waals surface area contributed by atoms with Crippen LogP contribution in [0.15, 0.2) is 29.2 Å². The van der Waals surface area contributed by atoms with Crippen LogP contribution in [-0.2, 0) is 14.8 Å². The van der Waals surface area contributed by atoms with Gasteiger partial charge in [-0.3, -0.25) is 4.79 Å². The standard InChI is InChI=1S/C22H32N2O3S/c1-16(2)18-5-7-21(8-6-18)28(26,27)24-11-9-23(10-12-24)22(25)15-20-14-17-3-4-19(20)13-17/h5-8,16-17,19-20H,3-4,9-15H2,1-2H3/t17-,19+,20+/m0/s1. The Balaban J connectivity index is 1.33. The Kier molecular flexibility index (Phi) is 5.53. The fourth-order valence-corrected chi connectivity index (χ4v) is 6.75. The molecule has 3 aliphatic rings. The number of rotatable bonds is 5. The molecule has 5 nitrogen and oxygen atoms in total. The van der Waals surface area contributed by atoms with Crippen LogP contribution in [0, 0.1) is 17.8 Å². The summed E-state index contributed by atoms with van der Waals surface area (Å²) in [5.74, 6) is 2.76. The number of carbonyl (C=O) groups excluding carboxylic acids is 1. The van der Waals surface area contributed by atoms with E-state index in [2.05, 4.69) is 13.8 Å². The highest BCUT2D eigenvalue weighted by atomic mass is 32.2. The average molecular weight is 405 g/mol. The molecular weight excluding hydrogens is 372 g/mol. The quantitative estimate of drug-likeness (QED) is 0.755. The summed E-state index contributed by atoms with van der Waals surface area (Å²) >= 11 is 0. The minimum absolute atomic E-state index is 0.218.